The van der Waals surface area contributed by atoms with Gasteiger partial charge < -0.3 is 26.7 Å². The van der Waals surface area contributed by atoms with E-state index in [1.807, 2.05) is 0 Å². The van der Waals surface area contributed by atoms with E-state index in [0.717, 1.165) is 0 Å². The smallest absolute Gasteiger partial charge is 0.329 e. The van der Waals surface area contributed by atoms with E-state index in [1.165, 1.54) is 25.0 Å². The molecule has 0 aromatic carbocycles. The third-order valence-corrected chi connectivity index (χ3v) is 5.88. The molecule has 2 fully saturated rings. The fourth-order valence-electron chi connectivity index (χ4n) is 3.61. The second-order valence-corrected chi connectivity index (χ2v) is 7.40. The molecule has 0 bridgehead atoms. The number of carboxylic acid groups (broad SMARTS) is 2. The largest absolute Gasteiger partial charge is 0.481 e. The molecular weight excluding hydrogens is 354 g/mol. The maximum Gasteiger partial charge on any atom is 0.329 e. The average Bonchev–Trinajstić information content (AvgIpc) is 2.90. The molecule has 1 heterocycles. The number of aromatic nitrogens is 3. The van der Waals surface area contributed by atoms with Gasteiger partial charge in [-0.3, -0.25) is 14.7 Å². The number of hydrogen-bond acceptors (Lipinski definition) is 7. The van der Waals surface area contributed by atoms with Crippen LogP contribution in [0.2, 0.25) is 0 Å². The minimum atomic E-state index is -1.63. The van der Waals surface area contributed by atoms with E-state index < -0.39 is 41.3 Å². The Balaban J connectivity index is 0.00000225. The molecule has 1 aromatic heterocycles. The van der Waals surface area contributed by atoms with Crippen LogP contribution in [0.25, 0.3) is 0 Å². The van der Waals surface area contributed by atoms with Crippen molar-refractivity contribution < 1.29 is 30.1 Å². The van der Waals surface area contributed by atoms with Gasteiger partial charge in [0.1, 0.15) is 11.9 Å². The Morgan fingerprint density at radius 1 is 1.48 bits per heavy atom. The summed E-state index contributed by atoms with van der Waals surface area (Å²) in [6.07, 6.45) is 1.42. The SMILES string of the molecule is CC(N)C(=O)N[C@@]1(C(=O)O)CC(Sc2ncn[nH]2)C2C(C(=O)O)C21.O. The minimum absolute atomic E-state index is 0. The topological polar surface area (TPSA) is 203 Å². The van der Waals surface area contributed by atoms with Gasteiger partial charge >= 0.3 is 11.9 Å². The van der Waals surface area contributed by atoms with Crippen molar-refractivity contribution in [1.29, 1.82) is 0 Å². The monoisotopic (exact) mass is 373 g/mol. The number of carbonyl (C=O) groups excluding carboxylic acids is 1. The van der Waals surface area contributed by atoms with Crippen molar-refractivity contribution in [2.24, 2.45) is 23.5 Å². The van der Waals surface area contributed by atoms with E-state index in [2.05, 4.69) is 20.5 Å². The van der Waals surface area contributed by atoms with Crippen molar-refractivity contribution >= 4 is 29.6 Å². The van der Waals surface area contributed by atoms with Gasteiger partial charge in [0.2, 0.25) is 5.91 Å². The highest BCUT2D eigenvalue weighted by atomic mass is 32.2. The Morgan fingerprint density at radius 3 is 2.64 bits per heavy atom. The maximum atomic E-state index is 12.0. The highest BCUT2D eigenvalue weighted by molar-refractivity contribution is 7.99. The lowest BCUT2D eigenvalue weighted by Gasteiger charge is -2.30. The Labute approximate surface area is 146 Å². The quantitative estimate of drug-likeness (QED) is 0.376. The summed E-state index contributed by atoms with van der Waals surface area (Å²) in [5, 5.41) is 28.2. The van der Waals surface area contributed by atoms with Gasteiger partial charge in [-0.2, -0.15) is 5.10 Å². The van der Waals surface area contributed by atoms with Gasteiger partial charge in [0, 0.05) is 11.2 Å². The minimum Gasteiger partial charge on any atom is -0.481 e. The van der Waals surface area contributed by atoms with E-state index in [1.54, 1.807) is 0 Å². The Bertz CT molecular complexity index is 682. The average molecular weight is 373 g/mol. The number of nitrogens with one attached hydrogen (secondary N) is 2. The normalized spacial score (nSPS) is 33.7. The van der Waals surface area contributed by atoms with Crippen LogP contribution in [0.4, 0.5) is 0 Å². The molecule has 5 unspecified atom stereocenters. The van der Waals surface area contributed by atoms with Gasteiger partial charge in [-0.25, -0.2) is 9.78 Å². The van der Waals surface area contributed by atoms with Gasteiger partial charge in [-0.05, 0) is 19.3 Å². The van der Waals surface area contributed by atoms with Crippen LogP contribution in [0.1, 0.15) is 13.3 Å². The summed E-state index contributed by atoms with van der Waals surface area (Å²) >= 11 is 1.25. The van der Waals surface area contributed by atoms with Crippen LogP contribution in [0.5, 0.6) is 0 Å². The number of aliphatic carboxylic acids is 2. The fourth-order valence-corrected chi connectivity index (χ4v) is 4.95. The Morgan fingerprint density at radius 2 is 2.16 bits per heavy atom. The van der Waals surface area contributed by atoms with Crippen LogP contribution in [0.15, 0.2) is 11.5 Å². The number of H-pyrrole nitrogens is 1. The summed E-state index contributed by atoms with van der Waals surface area (Å²) in [4.78, 5) is 39.4. The molecule has 1 amide bonds. The van der Waals surface area contributed by atoms with Crippen LogP contribution in [0, 0.1) is 17.8 Å². The van der Waals surface area contributed by atoms with Crippen molar-refractivity contribution in [1.82, 2.24) is 20.5 Å². The molecule has 0 radical (unpaired) electrons. The molecule has 3 rings (SSSR count). The van der Waals surface area contributed by atoms with Crippen molar-refractivity contribution in [3.05, 3.63) is 6.33 Å². The number of fused-ring (bicyclic) bond motifs is 1. The lowest BCUT2D eigenvalue weighted by molar-refractivity contribution is -0.149. The number of carboxylic acids is 2. The first-order valence-electron chi connectivity index (χ1n) is 7.33. The van der Waals surface area contributed by atoms with Gasteiger partial charge in [-0.1, -0.05) is 11.8 Å². The van der Waals surface area contributed by atoms with Gasteiger partial charge in [0.05, 0.1) is 12.0 Å². The molecule has 6 atom stereocenters. The first-order valence-corrected chi connectivity index (χ1v) is 8.21. The molecule has 2 aliphatic carbocycles. The second-order valence-electron chi connectivity index (χ2n) is 6.17. The Hall–Kier alpha value is -2.18. The summed E-state index contributed by atoms with van der Waals surface area (Å²) < 4.78 is 0. The molecule has 25 heavy (non-hydrogen) atoms. The molecule has 1 aromatic rings. The predicted molar refractivity (Wildman–Crippen MR) is 84.5 cm³/mol. The summed E-state index contributed by atoms with van der Waals surface area (Å²) in [6, 6.07) is -0.886. The first-order chi connectivity index (χ1) is 11.3. The number of thioether (sulfide) groups is 1. The number of nitrogens with two attached hydrogens (primary N) is 1. The van der Waals surface area contributed by atoms with Crippen LogP contribution in [0.3, 0.4) is 0 Å². The highest BCUT2D eigenvalue weighted by Crippen LogP contribution is 2.65. The summed E-state index contributed by atoms with van der Waals surface area (Å²) in [7, 11) is 0. The van der Waals surface area contributed by atoms with Crippen molar-refractivity contribution in [2.75, 3.05) is 0 Å². The lowest BCUT2D eigenvalue weighted by Crippen LogP contribution is -2.59. The zero-order chi connectivity index (χ0) is 17.6. The van der Waals surface area contributed by atoms with Crippen molar-refractivity contribution in [2.45, 2.75) is 35.3 Å². The highest BCUT2D eigenvalue weighted by Gasteiger charge is 2.75. The van der Waals surface area contributed by atoms with Crippen molar-refractivity contribution in [3.63, 3.8) is 0 Å². The summed E-state index contributed by atoms with van der Waals surface area (Å²) in [5.41, 5.74) is 3.89. The molecule has 2 aliphatic rings. The predicted octanol–water partition coefficient (Wildman–Crippen LogP) is -1.92. The van der Waals surface area contributed by atoms with E-state index in [-0.39, 0.29) is 23.1 Å². The summed E-state index contributed by atoms with van der Waals surface area (Å²) in [6.45, 7) is 1.44. The number of carbonyl (C=O) groups is 3. The number of amides is 1. The fraction of sp³-hybridized carbons (Fsp3) is 0.615. The van der Waals surface area contributed by atoms with Gasteiger partial charge in [0.25, 0.3) is 0 Å². The third-order valence-electron chi connectivity index (χ3n) is 4.68. The molecule has 0 saturated heterocycles. The second kappa shape index (κ2) is 6.61. The van der Waals surface area contributed by atoms with Crippen LogP contribution in [-0.2, 0) is 14.4 Å². The van der Waals surface area contributed by atoms with Gasteiger partial charge in [0.15, 0.2) is 5.16 Å². The molecule has 12 heteroatoms. The van der Waals surface area contributed by atoms with Crippen molar-refractivity contribution in [3.8, 4) is 0 Å². The zero-order valence-electron chi connectivity index (χ0n) is 13.2. The van der Waals surface area contributed by atoms with Crippen LogP contribution < -0.4 is 11.1 Å². The number of nitrogens with zero attached hydrogens (tertiary/aromatic N) is 2. The zero-order valence-corrected chi connectivity index (χ0v) is 14.0. The van der Waals surface area contributed by atoms with Crippen LogP contribution in [-0.4, -0.2) is 65.5 Å². The van der Waals surface area contributed by atoms with Crippen LogP contribution >= 0.6 is 11.8 Å². The standard InChI is InChI=1S/C13H17N5O5S.H2O/c1-4(14)9(19)17-13(11(22)23)2-5(24-12-15-3-16-18-12)6-7(8(6)13)10(20)21;/h3-8H,2,14H2,1H3,(H,17,19)(H,20,21)(H,22,23)(H,15,16,18);1H2/t4?,5?,6?,7?,8?,13-;/m0./s1. The first kappa shape index (κ1) is 19.1. The molecule has 2 saturated carbocycles. The van der Waals surface area contributed by atoms with E-state index in [9.17, 15) is 24.6 Å². The Kier molecular flexibility index (Phi) is 5.06. The number of rotatable bonds is 6. The molecule has 0 aliphatic heterocycles. The van der Waals surface area contributed by atoms with E-state index in [4.69, 9.17) is 5.73 Å². The maximum absolute atomic E-state index is 12.0. The summed E-state index contributed by atoms with van der Waals surface area (Å²) in [5.74, 6) is -4.76. The molecule has 138 valence electrons. The molecule has 11 nitrogen and oxygen atoms in total. The van der Waals surface area contributed by atoms with Gasteiger partial charge in [-0.15, -0.1) is 0 Å². The van der Waals surface area contributed by atoms with E-state index >= 15 is 0 Å². The molecular formula is C13H19N5O6S. The lowest BCUT2D eigenvalue weighted by atomic mass is 9.89. The molecule has 8 N–H and O–H groups in total. The number of hydrogen-bond donors (Lipinski definition) is 5. The van der Waals surface area contributed by atoms with E-state index in [0.29, 0.717) is 5.16 Å². The number of aromatic amines is 1. The molecule has 0 spiro atoms. The third kappa shape index (κ3) is 3.07.